The second kappa shape index (κ2) is 8.86. The minimum Gasteiger partial charge on any atom is -0.444 e. The Bertz CT molecular complexity index is 398. The van der Waals surface area contributed by atoms with Crippen LogP contribution in [0.1, 0.15) is 54.9 Å². The van der Waals surface area contributed by atoms with Gasteiger partial charge in [0.15, 0.2) is 0 Å². The van der Waals surface area contributed by atoms with Gasteiger partial charge in [0.25, 0.3) is 0 Å². The molecule has 0 saturated carbocycles. The highest BCUT2D eigenvalue weighted by atomic mass is 16.6. The molecular weight excluding hydrogens is 284 g/mol. The quantitative estimate of drug-likeness (QED) is 0.425. The average Bonchev–Trinajstić information content (AvgIpc) is 2.32. The summed E-state index contributed by atoms with van der Waals surface area (Å²) in [6.45, 7) is 13.0. The van der Waals surface area contributed by atoms with Crippen LogP contribution in [-0.4, -0.2) is 35.0 Å². The number of nitrogens with one attached hydrogen (secondary N) is 1. The molecule has 0 spiro atoms. The van der Waals surface area contributed by atoms with Crippen LogP contribution in [0, 0.1) is 11.8 Å². The van der Waals surface area contributed by atoms with Crippen LogP contribution in [0.3, 0.4) is 0 Å². The van der Waals surface area contributed by atoms with Gasteiger partial charge in [-0.3, -0.25) is 0 Å². The number of hydrogen-bond acceptors (Lipinski definition) is 4. The molecule has 0 fully saturated rings. The highest BCUT2D eigenvalue weighted by Crippen LogP contribution is 2.19. The van der Waals surface area contributed by atoms with Crippen LogP contribution in [0.5, 0.6) is 0 Å². The third kappa shape index (κ3) is 8.10. The maximum absolute atomic E-state index is 11.9. The molecule has 0 radical (unpaired) electrons. The fourth-order valence-corrected chi connectivity index (χ4v) is 2.06. The first kappa shape index (κ1) is 20.5. The number of ether oxygens (including phenoxy) is 1. The molecular formula is C15H30N4O3. The van der Waals surface area contributed by atoms with Crippen LogP contribution < -0.4 is 5.32 Å². The number of azide groups is 1. The van der Waals surface area contributed by atoms with Crippen molar-refractivity contribution < 1.29 is 14.6 Å². The zero-order chi connectivity index (χ0) is 17.5. The maximum Gasteiger partial charge on any atom is 0.407 e. The van der Waals surface area contributed by atoms with E-state index < -0.39 is 23.8 Å². The molecule has 0 heterocycles. The molecule has 0 aromatic carbocycles. The molecule has 7 heteroatoms. The zero-order valence-electron chi connectivity index (χ0n) is 14.7. The summed E-state index contributed by atoms with van der Waals surface area (Å²) in [6, 6.07) is -0.785. The van der Waals surface area contributed by atoms with Crippen molar-refractivity contribution in [2.45, 2.75) is 78.7 Å². The van der Waals surface area contributed by atoms with E-state index in [9.17, 15) is 9.90 Å². The van der Waals surface area contributed by atoms with Gasteiger partial charge in [-0.25, -0.2) is 4.79 Å². The topological polar surface area (TPSA) is 107 Å². The van der Waals surface area contributed by atoms with Crippen LogP contribution in [0.25, 0.3) is 10.4 Å². The third-order valence-corrected chi connectivity index (χ3v) is 3.27. The van der Waals surface area contributed by atoms with Gasteiger partial charge in [0.05, 0.1) is 12.1 Å². The number of alkyl carbamates (subject to hydrolysis) is 1. The number of amides is 1. The maximum atomic E-state index is 11.9. The van der Waals surface area contributed by atoms with Crippen molar-refractivity contribution in [2.75, 3.05) is 0 Å². The van der Waals surface area contributed by atoms with Gasteiger partial charge in [-0.2, -0.15) is 0 Å². The molecule has 2 N–H and O–H groups in total. The van der Waals surface area contributed by atoms with E-state index in [1.807, 2.05) is 27.7 Å². The summed E-state index contributed by atoms with van der Waals surface area (Å²) in [6.07, 6.45) is -1.08. The molecule has 3 atom stereocenters. The van der Waals surface area contributed by atoms with E-state index in [4.69, 9.17) is 10.3 Å². The Hall–Kier alpha value is -1.46. The molecule has 0 aliphatic heterocycles. The monoisotopic (exact) mass is 314 g/mol. The smallest absolute Gasteiger partial charge is 0.407 e. The first-order valence-corrected chi connectivity index (χ1v) is 7.69. The van der Waals surface area contributed by atoms with Crippen LogP contribution in [0.15, 0.2) is 5.11 Å². The van der Waals surface area contributed by atoms with Gasteiger partial charge in [-0.15, -0.1) is 0 Å². The Morgan fingerprint density at radius 1 is 1.27 bits per heavy atom. The van der Waals surface area contributed by atoms with E-state index in [0.29, 0.717) is 6.42 Å². The Kier molecular flexibility index (Phi) is 8.27. The third-order valence-electron chi connectivity index (χ3n) is 3.27. The number of aliphatic hydroxyl groups is 1. The summed E-state index contributed by atoms with van der Waals surface area (Å²) >= 11 is 0. The zero-order valence-corrected chi connectivity index (χ0v) is 14.7. The molecule has 22 heavy (non-hydrogen) atoms. The lowest BCUT2D eigenvalue weighted by molar-refractivity contribution is 0.0344. The molecule has 0 aliphatic rings. The molecule has 0 aliphatic carbocycles. The normalized spacial score (nSPS) is 15.9. The lowest BCUT2D eigenvalue weighted by atomic mass is 9.90. The van der Waals surface area contributed by atoms with Crippen molar-refractivity contribution in [3.8, 4) is 0 Å². The fraction of sp³-hybridized carbons (Fsp3) is 0.933. The largest absolute Gasteiger partial charge is 0.444 e. The van der Waals surface area contributed by atoms with E-state index in [0.717, 1.165) is 0 Å². The number of rotatable bonds is 7. The highest BCUT2D eigenvalue weighted by molar-refractivity contribution is 5.68. The Labute approximate surface area is 133 Å². The lowest BCUT2D eigenvalue weighted by Gasteiger charge is -2.31. The number of nitrogens with zero attached hydrogens (tertiary/aromatic N) is 3. The van der Waals surface area contributed by atoms with E-state index in [1.165, 1.54) is 0 Å². The lowest BCUT2D eigenvalue weighted by Crippen LogP contribution is -2.49. The molecule has 0 aromatic rings. The highest BCUT2D eigenvalue weighted by Gasteiger charge is 2.29. The van der Waals surface area contributed by atoms with Gasteiger partial charge < -0.3 is 15.2 Å². The van der Waals surface area contributed by atoms with Gasteiger partial charge in [0.2, 0.25) is 0 Å². The second-order valence-electron chi connectivity index (χ2n) is 7.24. The average molecular weight is 314 g/mol. The summed E-state index contributed by atoms with van der Waals surface area (Å²) in [5.74, 6) is 0.126. The molecule has 1 amide bonds. The van der Waals surface area contributed by atoms with Gasteiger partial charge in [-0.05, 0) is 44.6 Å². The van der Waals surface area contributed by atoms with E-state index in [1.54, 1.807) is 20.8 Å². The van der Waals surface area contributed by atoms with E-state index >= 15 is 0 Å². The Balaban J connectivity index is 4.86. The van der Waals surface area contributed by atoms with Crippen molar-refractivity contribution in [1.82, 2.24) is 5.32 Å². The van der Waals surface area contributed by atoms with Crippen LogP contribution in [-0.2, 0) is 4.74 Å². The molecule has 0 rings (SSSR count). The SMILES string of the molecule is CC(C)[C@@H](C[C@@H](O)[C@@H](NC(=O)OC(C)(C)C)C(C)C)N=[N+]=[N-]. The van der Waals surface area contributed by atoms with Crippen molar-refractivity contribution in [1.29, 1.82) is 0 Å². The summed E-state index contributed by atoms with van der Waals surface area (Å²) in [5, 5.41) is 16.9. The summed E-state index contributed by atoms with van der Waals surface area (Å²) < 4.78 is 5.23. The minimum absolute atomic E-state index is 0.0152. The van der Waals surface area contributed by atoms with Crippen LogP contribution >= 0.6 is 0 Å². The van der Waals surface area contributed by atoms with Crippen molar-refractivity contribution >= 4 is 6.09 Å². The molecule has 0 aromatic heterocycles. The van der Waals surface area contributed by atoms with Crippen molar-refractivity contribution in [3.05, 3.63) is 10.4 Å². The van der Waals surface area contributed by atoms with Gasteiger partial charge in [-0.1, -0.05) is 32.8 Å². The predicted octanol–water partition coefficient (Wildman–Crippen LogP) is 3.62. The van der Waals surface area contributed by atoms with E-state index in [-0.39, 0.29) is 17.9 Å². The molecule has 0 unspecified atom stereocenters. The van der Waals surface area contributed by atoms with Gasteiger partial charge in [0.1, 0.15) is 5.60 Å². The molecule has 0 bridgehead atoms. The summed E-state index contributed by atoms with van der Waals surface area (Å²) in [7, 11) is 0. The van der Waals surface area contributed by atoms with Crippen molar-refractivity contribution in [2.24, 2.45) is 17.0 Å². The van der Waals surface area contributed by atoms with Crippen LogP contribution in [0.4, 0.5) is 4.79 Å². The molecule has 128 valence electrons. The van der Waals surface area contributed by atoms with Crippen LogP contribution in [0.2, 0.25) is 0 Å². The first-order chi connectivity index (χ1) is 9.97. The standard InChI is InChI=1S/C15H30N4O3/c1-9(2)11(18-19-16)8-12(20)13(10(3)4)17-14(21)22-15(5,6)7/h9-13,20H,8H2,1-7H3,(H,17,21)/t11-,12-,13+/m1/s1. The number of carbonyl (C=O) groups is 1. The Morgan fingerprint density at radius 3 is 2.18 bits per heavy atom. The van der Waals surface area contributed by atoms with E-state index in [2.05, 4.69) is 15.3 Å². The number of aliphatic hydroxyl groups excluding tert-OH is 1. The van der Waals surface area contributed by atoms with Gasteiger partial charge in [0, 0.05) is 11.0 Å². The molecule has 0 saturated heterocycles. The first-order valence-electron chi connectivity index (χ1n) is 7.69. The minimum atomic E-state index is -0.814. The molecule has 7 nitrogen and oxygen atoms in total. The second-order valence-corrected chi connectivity index (χ2v) is 7.24. The predicted molar refractivity (Wildman–Crippen MR) is 86.4 cm³/mol. The summed E-state index contributed by atoms with van der Waals surface area (Å²) in [4.78, 5) is 14.7. The van der Waals surface area contributed by atoms with Crippen molar-refractivity contribution in [3.63, 3.8) is 0 Å². The van der Waals surface area contributed by atoms with Gasteiger partial charge >= 0.3 is 6.09 Å². The number of carbonyl (C=O) groups excluding carboxylic acids is 1. The number of hydrogen-bond donors (Lipinski definition) is 2. The summed E-state index contributed by atoms with van der Waals surface area (Å²) in [5.41, 5.74) is 8.01. The fourth-order valence-electron chi connectivity index (χ4n) is 2.06. The Morgan fingerprint density at radius 2 is 1.82 bits per heavy atom.